The summed E-state index contributed by atoms with van der Waals surface area (Å²) >= 11 is 0. The number of carboxylic acids is 1. The van der Waals surface area contributed by atoms with Crippen LogP contribution in [-0.2, 0) is 16.0 Å². The van der Waals surface area contributed by atoms with Crippen molar-refractivity contribution in [1.82, 2.24) is 4.90 Å². The van der Waals surface area contributed by atoms with Crippen molar-refractivity contribution in [2.24, 2.45) is 0 Å². The van der Waals surface area contributed by atoms with Gasteiger partial charge in [-0.05, 0) is 30.5 Å². The molecule has 0 aliphatic carbocycles. The van der Waals surface area contributed by atoms with Crippen molar-refractivity contribution in [3.63, 3.8) is 0 Å². The lowest BCUT2D eigenvalue weighted by molar-refractivity contribution is -0.142. The molecule has 124 valence electrons. The third kappa shape index (κ3) is 2.80. The Morgan fingerprint density at radius 1 is 1.17 bits per heavy atom. The van der Waals surface area contributed by atoms with Gasteiger partial charge in [-0.1, -0.05) is 54.1 Å². The van der Waals surface area contributed by atoms with Crippen LogP contribution in [0.25, 0.3) is 0 Å². The van der Waals surface area contributed by atoms with Gasteiger partial charge in [0.15, 0.2) is 0 Å². The third-order valence-electron chi connectivity index (χ3n) is 4.73. The van der Waals surface area contributed by atoms with Crippen molar-refractivity contribution in [2.45, 2.75) is 32.2 Å². The number of aliphatic carboxylic acids is 1. The van der Waals surface area contributed by atoms with E-state index in [-0.39, 0.29) is 12.3 Å². The van der Waals surface area contributed by atoms with E-state index in [1.807, 2.05) is 62.4 Å². The van der Waals surface area contributed by atoms with E-state index < -0.39 is 17.9 Å². The van der Waals surface area contributed by atoms with Gasteiger partial charge in [0.1, 0.15) is 5.92 Å². The van der Waals surface area contributed by atoms with Gasteiger partial charge in [0.2, 0.25) is 5.91 Å². The predicted octanol–water partition coefficient (Wildman–Crippen LogP) is 3.31. The highest BCUT2D eigenvalue weighted by Gasteiger charge is 2.40. The van der Waals surface area contributed by atoms with E-state index in [9.17, 15) is 14.7 Å². The lowest BCUT2D eigenvalue weighted by atomic mass is 9.84. The van der Waals surface area contributed by atoms with Crippen LogP contribution in [0.4, 0.5) is 0 Å². The summed E-state index contributed by atoms with van der Waals surface area (Å²) < 4.78 is 0. The highest BCUT2D eigenvalue weighted by Crippen LogP contribution is 2.40. The minimum absolute atomic E-state index is 0.0284. The number of nitrogens with zero attached hydrogens (tertiary/aromatic N) is 1. The number of likely N-dealkylation sites (N-methyl/N-ethyl adjacent to an activating group) is 1. The molecular formula is C20H21NO3. The SMILES string of the molecule is CCN1C(=O)Cc2ccccc2C(C(=O)O)C1c1ccc(C)cc1. The zero-order chi connectivity index (χ0) is 17.3. The Morgan fingerprint density at radius 2 is 1.83 bits per heavy atom. The van der Waals surface area contributed by atoms with Crippen LogP contribution in [0.1, 0.15) is 41.1 Å². The van der Waals surface area contributed by atoms with Gasteiger partial charge in [-0.25, -0.2) is 0 Å². The minimum Gasteiger partial charge on any atom is -0.481 e. The van der Waals surface area contributed by atoms with Crippen LogP contribution in [0.3, 0.4) is 0 Å². The van der Waals surface area contributed by atoms with E-state index in [1.165, 1.54) is 0 Å². The summed E-state index contributed by atoms with van der Waals surface area (Å²) in [6.45, 7) is 4.37. The molecule has 2 atom stereocenters. The van der Waals surface area contributed by atoms with Crippen molar-refractivity contribution >= 4 is 11.9 Å². The minimum atomic E-state index is -0.902. The number of hydrogen-bond acceptors (Lipinski definition) is 2. The lowest BCUT2D eigenvalue weighted by Crippen LogP contribution is -2.38. The molecule has 4 heteroatoms. The second-order valence-electron chi connectivity index (χ2n) is 6.23. The number of carboxylic acid groups (broad SMARTS) is 1. The maximum atomic E-state index is 12.8. The monoisotopic (exact) mass is 323 g/mol. The summed E-state index contributed by atoms with van der Waals surface area (Å²) in [5.74, 6) is -1.70. The van der Waals surface area contributed by atoms with Gasteiger partial charge in [-0.15, -0.1) is 0 Å². The molecule has 2 aromatic carbocycles. The number of carbonyl (C=O) groups is 2. The van der Waals surface area contributed by atoms with E-state index in [4.69, 9.17) is 0 Å². The van der Waals surface area contributed by atoms with Crippen LogP contribution in [0.5, 0.6) is 0 Å². The number of amides is 1. The lowest BCUT2D eigenvalue weighted by Gasteiger charge is -2.33. The fourth-order valence-corrected chi connectivity index (χ4v) is 3.55. The van der Waals surface area contributed by atoms with Crippen LogP contribution in [-0.4, -0.2) is 28.4 Å². The first-order chi connectivity index (χ1) is 11.5. The van der Waals surface area contributed by atoms with Gasteiger partial charge in [0.25, 0.3) is 0 Å². The topological polar surface area (TPSA) is 57.6 Å². The van der Waals surface area contributed by atoms with Gasteiger partial charge in [-0.3, -0.25) is 9.59 Å². The number of benzene rings is 2. The summed E-state index contributed by atoms with van der Waals surface area (Å²) in [6, 6.07) is 14.7. The van der Waals surface area contributed by atoms with E-state index in [2.05, 4.69) is 0 Å². The summed E-state index contributed by atoms with van der Waals surface area (Å²) in [7, 11) is 0. The van der Waals surface area contributed by atoms with Crippen molar-refractivity contribution in [1.29, 1.82) is 0 Å². The molecule has 0 saturated heterocycles. The quantitative estimate of drug-likeness (QED) is 0.943. The molecular weight excluding hydrogens is 302 g/mol. The summed E-state index contributed by atoms with van der Waals surface area (Å²) in [5.41, 5.74) is 3.51. The van der Waals surface area contributed by atoms with Crippen LogP contribution in [0, 0.1) is 6.92 Å². The second kappa shape index (κ2) is 6.48. The Balaban J connectivity index is 2.21. The average molecular weight is 323 g/mol. The molecule has 2 aromatic rings. The molecule has 0 bridgehead atoms. The van der Waals surface area contributed by atoms with E-state index in [1.54, 1.807) is 4.90 Å². The van der Waals surface area contributed by atoms with Crippen LogP contribution in [0.15, 0.2) is 48.5 Å². The zero-order valence-electron chi connectivity index (χ0n) is 13.9. The molecule has 1 aliphatic rings. The summed E-state index contributed by atoms with van der Waals surface area (Å²) in [6.07, 6.45) is 0.246. The molecule has 1 heterocycles. The van der Waals surface area contributed by atoms with Gasteiger partial charge in [-0.2, -0.15) is 0 Å². The molecule has 0 aromatic heterocycles. The van der Waals surface area contributed by atoms with Crippen LogP contribution >= 0.6 is 0 Å². The highest BCUT2D eigenvalue weighted by molar-refractivity contribution is 5.86. The number of hydrogen-bond donors (Lipinski definition) is 1. The normalized spacial score (nSPS) is 20.4. The average Bonchev–Trinajstić information content (AvgIpc) is 2.68. The molecule has 1 aliphatic heterocycles. The van der Waals surface area contributed by atoms with Crippen molar-refractivity contribution < 1.29 is 14.7 Å². The van der Waals surface area contributed by atoms with Crippen LogP contribution < -0.4 is 0 Å². The molecule has 0 radical (unpaired) electrons. The molecule has 2 unspecified atom stereocenters. The Morgan fingerprint density at radius 3 is 2.46 bits per heavy atom. The first-order valence-corrected chi connectivity index (χ1v) is 8.19. The molecule has 1 amide bonds. The van der Waals surface area contributed by atoms with Gasteiger partial charge < -0.3 is 10.0 Å². The number of fused-ring (bicyclic) bond motifs is 1. The first kappa shape index (κ1) is 16.2. The van der Waals surface area contributed by atoms with Gasteiger partial charge >= 0.3 is 5.97 Å². The molecule has 0 saturated carbocycles. The third-order valence-corrected chi connectivity index (χ3v) is 4.73. The van der Waals surface area contributed by atoms with E-state index in [0.29, 0.717) is 6.54 Å². The fourth-order valence-electron chi connectivity index (χ4n) is 3.55. The first-order valence-electron chi connectivity index (χ1n) is 8.19. The summed E-state index contributed by atoms with van der Waals surface area (Å²) in [5, 5.41) is 9.96. The largest absolute Gasteiger partial charge is 0.481 e. The molecule has 0 spiro atoms. The number of rotatable bonds is 3. The maximum Gasteiger partial charge on any atom is 0.313 e. The molecule has 3 rings (SSSR count). The van der Waals surface area contributed by atoms with Gasteiger partial charge in [0.05, 0.1) is 12.5 Å². The van der Waals surface area contributed by atoms with Gasteiger partial charge in [0, 0.05) is 6.54 Å². The fraction of sp³-hybridized carbons (Fsp3) is 0.300. The van der Waals surface area contributed by atoms with Crippen LogP contribution in [0.2, 0.25) is 0 Å². The molecule has 4 nitrogen and oxygen atoms in total. The molecule has 24 heavy (non-hydrogen) atoms. The second-order valence-corrected chi connectivity index (χ2v) is 6.23. The van der Waals surface area contributed by atoms with E-state index >= 15 is 0 Å². The zero-order valence-corrected chi connectivity index (χ0v) is 13.9. The van der Waals surface area contributed by atoms with Crippen molar-refractivity contribution in [2.75, 3.05) is 6.54 Å². The van der Waals surface area contributed by atoms with Crippen molar-refractivity contribution in [3.8, 4) is 0 Å². The maximum absolute atomic E-state index is 12.8. The summed E-state index contributed by atoms with van der Waals surface area (Å²) in [4.78, 5) is 26.6. The highest BCUT2D eigenvalue weighted by atomic mass is 16.4. The Bertz CT molecular complexity index is 767. The Labute approximate surface area is 141 Å². The molecule has 0 fully saturated rings. The number of aryl methyl sites for hydroxylation is 1. The number of carbonyl (C=O) groups excluding carboxylic acids is 1. The smallest absolute Gasteiger partial charge is 0.313 e. The Kier molecular flexibility index (Phi) is 4.38. The van der Waals surface area contributed by atoms with Crippen molar-refractivity contribution in [3.05, 3.63) is 70.8 Å². The van der Waals surface area contributed by atoms with E-state index in [0.717, 1.165) is 22.3 Å². The standard InChI is InChI=1S/C20H21NO3/c1-3-21-17(22)12-15-6-4-5-7-16(15)18(20(23)24)19(21)14-10-8-13(2)9-11-14/h4-11,18-19H,3,12H2,1-2H3,(H,23,24). The predicted molar refractivity (Wildman–Crippen MR) is 91.8 cm³/mol. The molecule has 1 N–H and O–H groups in total. The Hall–Kier alpha value is -2.62.